The molecule has 0 aliphatic heterocycles. The van der Waals surface area contributed by atoms with Gasteiger partial charge in [0.2, 0.25) is 0 Å². The number of halogens is 5. The van der Waals surface area contributed by atoms with Gasteiger partial charge in [-0.05, 0) is 48.0 Å². The molecule has 0 radical (unpaired) electrons. The van der Waals surface area contributed by atoms with Crippen LogP contribution in [0.4, 0.5) is 32.4 Å². The van der Waals surface area contributed by atoms with Crippen LogP contribution >= 0.6 is 0 Å². The number of anilines is 1. The van der Waals surface area contributed by atoms with E-state index in [0.29, 0.717) is 40.8 Å². The Morgan fingerprint density at radius 2 is 1.70 bits per heavy atom. The maximum atomic E-state index is 16.4. The second-order valence-corrected chi connectivity index (χ2v) is 10.9. The molecule has 1 N–H and O–H groups in total. The van der Waals surface area contributed by atoms with Crippen molar-refractivity contribution < 1.29 is 49.8 Å². The Bertz CT molecular complexity index is 1810. The zero-order chi connectivity index (χ0) is 32.2. The predicted octanol–water partition coefficient (Wildman–Crippen LogP) is 4.44. The molecule has 4 rings (SSSR count). The number of aromatic nitrogens is 3. The summed E-state index contributed by atoms with van der Waals surface area (Å²) in [6.07, 6.45) is 2.70. The van der Waals surface area contributed by atoms with E-state index in [1.807, 2.05) is 0 Å². The lowest BCUT2D eigenvalue weighted by Crippen LogP contribution is -2.39. The monoisotopic (exact) mass is 639 g/mol. The molecule has 0 saturated carbocycles. The zero-order valence-electron chi connectivity index (χ0n) is 22.6. The Hall–Kier alpha value is -5.06. The number of carboxylic acids is 1. The number of rotatable bonds is 11. The summed E-state index contributed by atoms with van der Waals surface area (Å²) < 4.78 is 107. The highest BCUT2D eigenvalue weighted by Crippen LogP contribution is 2.39. The predicted molar refractivity (Wildman–Crippen MR) is 144 cm³/mol. The number of sulfonamides is 1. The van der Waals surface area contributed by atoms with Crippen LogP contribution in [-0.2, 0) is 26.1 Å². The summed E-state index contributed by atoms with van der Waals surface area (Å²) in [4.78, 5) is 26.5. The fourth-order valence-electron chi connectivity index (χ4n) is 4.05. The van der Waals surface area contributed by atoms with Gasteiger partial charge < -0.3 is 14.7 Å². The molecule has 1 amide bonds. The van der Waals surface area contributed by atoms with Crippen LogP contribution in [0, 0.1) is 23.3 Å². The fraction of sp³-hybridized carbons (Fsp3) is 0.185. The van der Waals surface area contributed by atoms with Crippen molar-refractivity contribution in [2.24, 2.45) is 0 Å². The van der Waals surface area contributed by atoms with Crippen molar-refractivity contribution in [3.8, 4) is 22.4 Å². The maximum Gasteiger partial charge on any atom is 0.411 e. The maximum absolute atomic E-state index is 16.4. The molecule has 0 aliphatic rings. The molecule has 0 spiro atoms. The molecule has 0 saturated heterocycles. The Labute approximate surface area is 246 Å². The second kappa shape index (κ2) is 13.1. The van der Waals surface area contributed by atoms with Crippen LogP contribution in [0.5, 0.6) is 0 Å². The van der Waals surface area contributed by atoms with Gasteiger partial charge in [0, 0.05) is 31.2 Å². The first-order valence-electron chi connectivity index (χ1n) is 12.4. The first-order chi connectivity index (χ1) is 20.8. The number of nitrogens with zero attached hydrogens (tertiary/aromatic N) is 5. The molecule has 0 bridgehead atoms. The Kier molecular flexibility index (Phi) is 9.46. The van der Waals surface area contributed by atoms with Crippen LogP contribution in [0.3, 0.4) is 0 Å². The highest BCUT2D eigenvalue weighted by molar-refractivity contribution is 7.92. The molecule has 2 aromatic heterocycles. The molecule has 17 heteroatoms. The van der Waals surface area contributed by atoms with Crippen molar-refractivity contribution in [3.63, 3.8) is 0 Å². The molecule has 0 atom stereocenters. The van der Waals surface area contributed by atoms with Crippen LogP contribution in [0.2, 0.25) is 0 Å². The number of amides is 1. The molecular formula is C27H22F5N5O6S. The van der Waals surface area contributed by atoms with E-state index in [1.165, 1.54) is 30.7 Å². The molecule has 44 heavy (non-hydrogen) atoms. The molecule has 11 nitrogen and oxygen atoms in total. The molecule has 232 valence electrons. The molecule has 2 aromatic carbocycles. The van der Waals surface area contributed by atoms with Crippen LogP contribution in [0.15, 0.2) is 66.0 Å². The SMILES string of the molecule is CN(CC(=O)O)C(=O)OCN(c1ccc(F)c(-c2nn(CCF)cc2-c2ccncc2)c1F)S(=O)(=O)c1cc(F)ccc1F. The number of benzene rings is 2. The first-order valence-corrected chi connectivity index (χ1v) is 13.9. The molecule has 0 unspecified atom stereocenters. The minimum absolute atomic E-state index is 0.0420. The van der Waals surface area contributed by atoms with Crippen LogP contribution < -0.4 is 4.31 Å². The van der Waals surface area contributed by atoms with E-state index < -0.39 is 81.5 Å². The summed E-state index contributed by atoms with van der Waals surface area (Å²) >= 11 is 0. The number of aryl methyl sites for hydroxylation is 1. The van der Waals surface area contributed by atoms with Gasteiger partial charge in [-0.1, -0.05) is 0 Å². The van der Waals surface area contributed by atoms with Gasteiger partial charge in [-0.25, -0.2) is 39.5 Å². The van der Waals surface area contributed by atoms with Gasteiger partial charge in [0.1, 0.15) is 41.3 Å². The third kappa shape index (κ3) is 6.61. The van der Waals surface area contributed by atoms with Crippen LogP contribution in [0.25, 0.3) is 22.4 Å². The average molecular weight is 640 g/mol. The third-order valence-corrected chi connectivity index (χ3v) is 7.84. The number of pyridine rings is 1. The van der Waals surface area contributed by atoms with Crippen molar-refractivity contribution in [3.05, 3.63) is 84.3 Å². The smallest absolute Gasteiger partial charge is 0.411 e. The number of carbonyl (C=O) groups excluding carboxylic acids is 1. The van der Waals surface area contributed by atoms with Crippen molar-refractivity contribution >= 4 is 27.8 Å². The quantitative estimate of drug-likeness (QED) is 0.188. The molecule has 0 fully saturated rings. The fourth-order valence-corrected chi connectivity index (χ4v) is 5.46. The number of carboxylic acid groups (broad SMARTS) is 1. The summed E-state index contributed by atoms with van der Waals surface area (Å²) in [5.41, 5.74) is -1.73. The Morgan fingerprint density at radius 1 is 1.02 bits per heavy atom. The van der Waals surface area contributed by atoms with Gasteiger partial charge in [-0.2, -0.15) is 5.10 Å². The largest absolute Gasteiger partial charge is 0.480 e. The van der Waals surface area contributed by atoms with E-state index >= 15 is 8.78 Å². The van der Waals surface area contributed by atoms with Gasteiger partial charge in [0.15, 0.2) is 12.5 Å². The average Bonchev–Trinajstić information content (AvgIpc) is 3.38. The van der Waals surface area contributed by atoms with E-state index in [-0.39, 0.29) is 22.1 Å². The number of alkyl halides is 1. The van der Waals surface area contributed by atoms with Gasteiger partial charge in [-0.15, -0.1) is 0 Å². The van der Waals surface area contributed by atoms with Gasteiger partial charge in [0.25, 0.3) is 10.0 Å². The van der Waals surface area contributed by atoms with Crippen molar-refractivity contribution in [1.82, 2.24) is 19.7 Å². The normalized spacial score (nSPS) is 11.3. The van der Waals surface area contributed by atoms with Gasteiger partial charge >= 0.3 is 12.1 Å². The topological polar surface area (TPSA) is 135 Å². The summed E-state index contributed by atoms with van der Waals surface area (Å²) in [6, 6.07) is 5.72. The van der Waals surface area contributed by atoms with Gasteiger partial charge in [0.05, 0.1) is 17.8 Å². The minimum atomic E-state index is -5.29. The lowest BCUT2D eigenvalue weighted by molar-refractivity contribution is -0.137. The molecule has 0 aliphatic carbocycles. The molecule has 2 heterocycles. The third-order valence-electron chi connectivity index (χ3n) is 6.09. The standard InChI is InChI=1S/C27H22F5N5O6S/c1-35(14-23(38)39)27(40)43-15-37(44(41,42)22-12-17(29)2-3-19(22)30)21-5-4-20(31)24(25(21)32)26-18(13-36(34-26)11-8-28)16-6-9-33-10-7-16/h2-7,9-10,12-13H,8,11,14-15H2,1H3,(H,38,39). The highest BCUT2D eigenvalue weighted by Gasteiger charge is 2.34. The number of hydrogen-bond donors (Lipinski definition) is 1. The zero-order valence-corrected chi connectivity index (χ0v) is 23.4. The summed E-state index contributed by atoms with van der Waals surface area (Å²) in [6.45, 7) is -3.41. The summed E-state index contributed by atoms with van der Waals surface area (Å²) in [7, 11) is -4.28. The highest BCUT2D eigenvalue weighted by atomic mass is 32.2. The molecular weight excluding hydrogens is 617 g/mol. The van der Waals surface area contributed by atoms with Crippen molar-refractivity contribution in [2.45, 2.75) is 11.4 Å². The number of likely N-dealkylation sites (N-methyl/N-ethyl adjacent to an activating group) is 1. The lowest BCUT2D eigenvalue weighted by Gasteiger charge is -2.26. The summed E-state index contributed by atoms with van der Waals surface area (Å²) in [5, 5.41) is 13.0. The van der Waals surface area contributed by atoms with Gasteiger partial charge in [-0.3, -0.25) is 14.5 Å². The van der Waals surface area contributed by atoms with E-state index in [2.05, 4.69) is 10.1 Å². The molecule has 4 aromatic rings. The minimum Gasteiger partial charge on any atom is -0.480 e. The van der Waals surface area contributed by atoms with Crippen LogP contribution in [0.1, 0.15) is 0 Å². The number of carbonyl (C=O) groups is 2. The van der Waals surface area contributed by atoms with Crippen molar-refractivity contribution in [2.75, 3.05) is 31.3 Å². The van der Waals surface area contributed by atoms with Crippen LogP contribution in [-0.4, -0.2) is 72.2 Å². The number of hydrogen-bond acceptors (Lipinski definition) is 7. The lowest BCUT2D eigenvalue weighted by atomic mass is 10.0. The summed E-state index contributed by atoms with van der Waals surface area (Å²) in [5.74, 6) is -6.86. The Morgan fingerprint density at radius 3 is 2.36 bits per heavy atom. The second-order valence-electron chi connectivity index (χ2n) is 9.05. The van der Waals surface area contributed by atoms with Crippen molar-refractivity contribution in [1.29, 1.82) is 0 Å². The number of aliphatic carboxylic acids is 1. The van der Waals surface area contributed by atoms with E-state index in [0.717, 1.165) is 11.7 Å². The number of ether oxygens (including phenoxy) is 1. The van der Waals surface area contributed by atoms with E-state index in [4.69, 9.17) is 9.84 Å². The van der Waals surface area contributed by atoms with E-state index in [9.17, 15) is 31.2 Å². The Balaban J connectivity index is 1.90. The van der Waals surface area contributed by atoms with E-state index in [1.54, 1.807) is 0 Å². The first kappa shape index (κ1) is 31.9.